The minimum Gasteiger partial charge on any atom is -0.393 e. The van der Waals surface area contributed by atoms with Crippen LogP contribution in [-0.2, 0) is 0 Å². The molecular formula is C14H18N2O4. The lowest BCUT2D eigenvalue weighted by molar-refractivity contribution is -0.384. The second kappa shape index (κ2) is 5.58. The first kappa shape index (κ1) is 14.5. The Balaban J connectivity index is 2.25. The van der Waals surface area contributed by atoms with E-state index >= 15 is 0 Å². The van der Waals surface area contributed by atoms with E-state index < -0.39 is 4.92 Å². The number of non-ortho nitro benzene ring substituents is 1. The quantitative estimate of drug-likeness (QED) is 0.659. The van der Waals surface area contributed by atoms with Gasteiger partial charge in [0.15, 0.2) is 0 Å². The number of piperidine rings is 1. The van der Waals surface area contributed by atoms with Gasteiger partial charge in [-0.1, -0.05) is 13.0 Å². The highest BCUT2D eigenvalue weighted by Gasteiger charge is 2.28. The van der Waals surface area contributed by atoms with Crippen LogP contribution >= 0.6 is 0 Å². The molecule has 0 spiro atoms. The summed E-state index contributed by atoms with van der Waals surface area (Å²) >= 11 is 0. The van der Waals surface area contributed by atoms with E-state index in [-0.39, 0.29) is 23.6 Å². The van der Waals surface area contributed by atoms with Crippen LogP contribution in [0.5, 0.6) is 0 Å². The van der Waals surface area contributed by atoms with Crippen LogP contribution in [0.25, 0.3) is 0 Å². The maximum atomic E-state index is 12.5. The molecule has 2 unspecified atom stereocenters. The van der Waals surface area contributed by atoms with Crippen molar-refractivity contribution in [3.8, 4) is 0 Å². The molecule has 0 aromatic heterocycles. The molecule has 2 atom stereocenters. The zero-order valence-corrected chi connectivity index (χ0v) is 11.6. The average molecular weight is 278 g/mol. The van der Waals surface area contributed by atoms with Gasteiger partial charge in [0.1, 0.15) is 0 Å². The Kier molecular flexibility index (Phi) is 4.04. The van der Waals surface area contributed by atoms with Crippen molar-refractivity contribution in [3.63, 3.8) is 0 Å². The number of hydrogen-bond acceptors (Lipinski definition) is 4. The minimum atomic E-state index is -0.501. The number of nitrogens with zero attached hydrogens (tertiary/aromatic N) is 2. The van der Waals surface area contributed by atoms with Crippen LogP contribution in [0, 0.1) is 23.0 Å². The maximum Gasteiger partial charge on any atom is 0.270 e. The van der Waals surface area contributed by atoms with Crippen LogP contribution in [0.4, 0.5) is 5.69 Å². The minimum absolute atomic E-state index is 0.0201. The summed E-state index contributed by atoms with van der Waals surface area (Å²) in [6.07, 6.45) is 0.159. The first-order valence-corrected chi connectivity index (χ1v) is 6.62. The van der Waals surface area contributed by atoms with Gasteiger partial charge in [0.25, 0.3) is 11.6 Å². The molecule has 1 saturated heterocycles. The normalized spacial score (nSPS) is 22.6. The third-order valence-electron chi connectivity index (χ3n) is 3.81. The van der Waals surface area contributed by atoms with Crippen LogP contribution in [0.2, 0.25) is 0 Å². The SMILES string of the molecule is Cc1ccc([N+](=O)[O-])cc1C(=O)N1CCC(O)C(C)C1. The van der Waals surface area contributed by atoms with Crippen molar-refractivity contribution in [3.05, 3.63) is 39.4 Å². The summed E-state index contributed by atoms with van der Waals surface area (Å²) in [7, 11) is 0. The molecule has 0 radical (unpaired) electrons. The zero-order chi connectivity index (χ0) is 14.9. The molecule has 20 heavy (non-hydrogen) atoms. The predicted octanol–water partition coefficient (Wildman–Crippen LogP) is 1.75. The third-order valence-corrected chi connectivity index (χ3v) is 3.81. The van der Waals surface area contributed by atoms with Gasteiger partial charge in [-0.3, -0.25) is 14.9 Å². The lowest BCUT2D eigenvalue weighted by Gasteiger charge is -2.34. The summed E-state index contributed by atoms with van der Waals surface area (Å²) in [5, 5.41) is 20.5. The number of aliphatic hydroxyl groups is 1. The van der Waals surface area contributed by atoms with E-state index in [2.05, 4.69) is 0 Å². The molecule has 1 aliphatic rings. The molecule has 1 aliphatic heterocycles. The van der Waals surface area contributed by atoms with Gasteiger partial charge in [-0.2, -0.15) is 0 Å². The fraction of sp³-hybridized carbons (Fsp3) is 0.500. The Morgan fingerprint density at radius 1 is 1.50 bits per heavy atom. The number of nitro benzene ring substituents is 1. The first-order chi connectivity index (χ1) is 9.40. The Bertz CT molecular complexity index is 544. The van der Waals surface area contributed by atoms with E-state index in [0.29, 0.717) is 25.1 Å². The number of likely N-dealkylation sites (tertiary alicyclic amines) is 1. The number of benzene rings is 1. The Morgan fingerprint density at radius 3 is 2.80 bits per heavy atom. The monoisotopic (exact) mass is 278 g/mol. The molecule has 108 valence electrons. The number of aliphatic hydroxyl groups excluding tert-OH is 1. The largest absolute Gasteiger partial charge is 0.393 e. The second-order valence-electron chi connectivity index (χ2n) is 5.34. The van der Waals surface area contributed by atoms with E-state index in [1.165, 1.54) is 12.1 Å². The highest BCUT2D eigenvalue weighted by Crippen LogP contribution is 2.22. The van der Waals surface area contributed by atoms with Gasteiger partial charge < -0.3 is 10.0 Å². The van der Waals surface area contributed by atoms with Crippen LogP contribution in [-0.4, -0.2) is 40.0 Å². The van der Waals surface area contributed by atoms with Gasteiger partial charge in [-0.05, 0) is 24.8 Å². The van der Waals surface area contributed by atoms with E-state index in [9.17, 15) is 20.0 Å². The fourth-order valence-electron chi connectivity index (χ4n) is 2.44. The van der Waals surface area contributed by atoms with Crippen LogP contribution in [0.3, 0.4) is 0 Å². The number of nitro groups is 1. The molecule has 1 amide bonds. The molecule has 0 aliphatic carbocycles. The van der Waals surface area contributed by atoms with Crippen molar-refractivity contribution in [2.45, 2.75) is 26.4 Å². The molecule has 1 fully saturated rings. The number of rotatable bonds is 2. The van der Waals surface area contributed by atoms with Gasteiger partial charge in [0, 0.05) is 30.8 Å². The third kappa shape index (κ3) is 2.80. The number of aryl methyl sites for hydroxylation is 1. The maximum absolute atomic E-state index is 12.5. The molecular weight excluding hydrogens is 260 g/mol. The number of amides is 1. The summed E-state index contributed by atoms with van der Waals surface area (Å²) in [4.78, 5) is 24.4. The van der Waals surface area contributed by atoms with Crippen LogP contribution < -0.4 is 0 Å². The highest BCUT2D eigenvalue weighted by atomic mass is 16.6. The predicted molar refractivity (Wildman–Crippen MR) is 73.5 cm³/mol. The molecule has 2 rings (SSSR count). The highest BCUT2D eigenvalue weighted by molar-refractivity contribution is 5.96. The van der Waals surface area contributed by atoms with Crippen molar-refractivity contribution >= 4 is 11.6 Å². The summed E-state index contributed by atoms with van der Waals surface area (Å²) in [5.41, 5.74) is 1.01. The van der Waals surface area contributed by atoms with Gasteiger partial charge in [0.05, 0.1) is 11.0 Å². The fourth-order valence-corrected chi connectivity index (χ4v) is 2.44. The molecule has 1 aromatic rings. The summed E-state index contributed by atoms with van der Waals surface area (Å²) in [6, 6.07) is 4.32. The summed E-state index contributed by atoms with van der Waals surface area (Å²) in [6.45, 7) is 4.61. The number of carbonyl (C=O) groups excluding carboxylic acids is 1. The average Bonchev–Trinajstić information content (AvgIpc) is 2.41. The first-order valence-electron chi connectivity index (χ1n) is 6.62. The molecule has 6 heteroatoms. The Hall–Kier alpha value is -1.95. The van der Waals surface area contributed by atoms with E-state index in [0.717, 1.165) is 5.56 Å². The standard InChI is InChI=1S/C14H18N2O4/c1-9-3-4-11(16(19)20)7-12(9)14(18)15-6-5-13(17)10(2)8-15/h3-4,7,10,13,17H,5-6,8H2,1-2H3. The Morgan fingerprint density at radius 2 is 2.20 bits per heavy atom. The van der Waals surface area contributed by atoms with Gasteiger partial charge in [-0.25, -0.2) is 0 Å². The van der Waals surface area contributed by atoms with Gasteiger partial charge in [-0.15, -0.1) is 0 Å². The van der Waals surface area contributed by atoms with Crippen molar-refractivity contribution in [2.24, 2.45) is 5.92 Å². The van der Waals surface area contributed by atoms with Crippen LogP contribution in [0.15, 0.2) is 18.2 Å². The second-order valence-corrected chi connectivity index (χ2v) is 5.34. The molecule has 0 bridgehead atoms. The van der Waals surface area contributed by atoms with E-state index in [1.807, 2.05) is 6.92 Å². The molecule has 0 saturated carbocycles. The lowest BCUT2D eigenvalue weighted by atomic mass is 9.95. The van der Waals surface area contributed by atoms with Gasteiger partial charge in [0.2, 0.25) is 0 Å². The van der Waals surface area contributed by atoms with Crippen molar-refractivity contribution in [2.75, 3.05) is 13.1 Å². The summed E-state index contributed by atoms with van der Waals surface area (Å²) < 4.78 is 0. The molecule has 6 nitrogen and oxygen atoms in total. The topological polar surface area (TPSA) is 83.7 Å². The molecule has 1 heterocycles. The number of carbonyl (C=O) groups is 1. The molecule has 1 N–H and O–H groups in total. The van der Waals surface area contributed by atoms with Gasteiger partial charge >= 0.3 is 0 Å². The molecule has 1 aromatic carbocycles. The number of hydrogen-bond donors (Lipinski definition) is 1. The van der Waals surface area contributed by atoms with Crippen LogP contribution in [0.1, 0.15) is 29.3 Å². The van der Waals surface area contributed by atoms with E-state index in [4.69, 9.17) is 0 Å². The Labute approximate surface area is 117 Å². The van der Waals surface area contributed by atoms with Crippen molar-refractivity contribution in [1.82, 2.24) is 4.90 Å². The van der Waals surface area contributed by atoms with E-state index in [1.54, 1.807) is 17.9 Å². The zero-order valence-electron chi connectivity index (χ0n) is 11.6. The summed E-state index contributed by atoms with van der Waals surface area (Å²) in [5.74, 6) is -0.184. The smallest absolute Gasteiger partial charge is 0.270 e. The van der Waals surface area contributed by atoms with Crippen molar-refractivity contribution < 1.29 is 14.8 Å². The lowest BCUT2D eigenvalue weighted by Crippen LogP contribution is -2.45. The van der Waals surface area contributed by atoms with Crippen molar-refractivity contribution in [1.29, 1.82) is 0 Å².